The Morgan fingerprint density at radius 1 is 1.50 bits per heavy atom. The summed E-state index contributed by atoms with van der Waals surface area (Å²) >= 11 is 2.62. The SMILES string of the molecule is CSc1ncsc1C(=O)c1cccc([N+](=O)[O-])c1. The maximum atomic E-state index is 12.2. The molecule has 18 heavy (non-hydrogen) atoms. The van der Waals surface area contributed by atoms with Crippen LogP contribution in [0.4, 0.5) is 5.69 Å². The molecular formula is C11H8N2O3S2. The van der Waals surface area contributed by atoms with Crippen LogP contribution in [0, 0.1) is 10.1 Å². The molecule has 2 aromatic rings. The van der Waals surface area contributed by atoms with Crippen molar-refractivity contribution in [1.82, 2.24) is 4.98 Å². The minimum Gasteiger partial charge on any atom is -0.288 e. The van der Waals surface area contributed by atoms with Crippen molar-refractivity contribution in [3.05, 3.63) is 50.3 Å². The van der Waals surface area contributed by atoms with Crippen molar-refractivity contribution in [1.29, 1.82) is 0 Å². The van der Waals surface area contributed by atoms with E-state index in [2.05, 4.69) is 4.98 Å². The average molecular weight is 280 g/mol. The van der Waals surface area contributed by atoms with Crippen molar-refractivity contribution in [3.8, 4) is 0 Å². The van der Waals surface area contributed by atoms with Gasteiger partial charge in [-0.3, -0.25) is 14.9 Å². The number of aromatic nitrogens is 1. The Morgan fingerprint density at radius 3 is 2.94 bits per heavy atom. The van der Waals surface area contributed by atoms with Crippen LogP contribution in [0.1, 0.15) is 15.2 Å². The van der Waals surface area contributed by atoms with Gasteiger partial charge in [-0.2, -0.15) is 0 Å². The van der Waals surface area contributed by atoms with Crippen LogP contribution < -0.4 is 0 Å². The first kappa shape index (κ1) is 12.7. The molecule has 92 valence electrons. The van der Waals surface area contributed by atoms with Crippen molar-refractivity contribution in [3.63, 3.8) is 0 Å². The summed E-state index contributed by atoms with van der Waals surface area (Å²) in [5, 5.41) is 11.3. The van der Waals surface area contributed by atoms with E-state index in [1.807, 2.05) is 6.26 Å². The second-order valence-electron chi connectivity index (χ2n) is 3.33. The first-order valence-corrected chi connectivity index (χ1v) is 7.00. The summed E-state index contributed by atoms with van der Waals surface area (Å²) in [6.07, 6.45) is 1.83. The Labute approximate surface area is 111 Å². The third-order valence-electron chi connectivity index (χ3n) is 2.25. The van der Waals surface area contributed by atoms with E-state index >= 15 is 0 Å². The number of rotatable bonds is 4. The number of benzene rings is 1. The van der Waals surface area contributed by atoms with Crippen LogP contribution in [0.3, 0.4) is 0 Å². The molecule has 5 nitrogen and oxygen atoms in total. The molecular weight excluding hydrogens is 272 g/mol. The molecule has 0 aliphatic rings. The van der Waals surface area contributed by atoms with Crippen molar-refractivity contribution < 1.29 is 9.72 Å². The Balaban J connectivity index is 2.40. The molecule has 0 fully saturated rings. The molecule has 0 bridgehead atoms. The average Bonchev–Trinajstić information content (AvgIpc) is 2.86. The summed E-state index contributed by atoms with van der Waals surface area (Å²) in [5.74, 6) is -0.231. The molecule has 0 spiro atoms. The normalized spacial score (nSPS) is 10.3. The maximum Gasteiger partial charge on any atom is 0.270 e. The number of thioether (sulfide) groups is 1. The van der Waals surface area contributed by atoms with Gasteiger partial charge < -0.3 is 0 Å². The number of nitro groups is 1. The predicted molar refractivity (Wildman–Crippen MR) is 70.4 cm³/mol. The molecule has 0 amide bonds. The van der Waals surface area contributed by atoms with E-state index in [9.17, 15) is 14.9 Å². The van der Waals surface area contributed by atoms with E-state index in [1.54, 1.807) is 11.6 Å². The van der Waals surface area contributed by atoms with Crippen LogP contribution >= 0.6 is 23.1 Å². The number of hydrogen-bond acceptors (Lipinski definition) is 6. The van der Waals surface area contributed by atoms with Gasteiger partial charge in [-0.25, -0.2) is 4.98 Å². The molecule has 0 atom stereocenters. The lowest BCUT2D eigenvalue weighted by Crippen LogP contribution is -2.01. The van der Waals surface area contributed by atoms with Crippen LogP contribution in [0.15, 0.2) is 34.8 Å². The first-order valence-electron chi connectivity index (χ1n) is 4.90. The summed E-state index contributed by atoms with van der Waals surface area (Å²) in [4.78, 5) is 26.9. The van der Waals surface area contributed by atoms with Gasteiger partial charge >= 0.3 is 0 Å². The Bertz CT molecular complexity index is 610. The van der Waals surface area contributed by atoms with E-state index in [1.165, 1.54) is 41.3 Å². The molecule has 7 heteroatoms. The third-order valence-corrected chi connectivity index (χ3v) is 3.90. The van der Waals surface area contributed by atoms with Gasteiger partial charge in [0.15, 0.2) is 0 Å². The predicted octanol–water partition coefficient (Wildman–Crippen LogP) is 3.00. The second kappa shape index (κ2) is 5.28. The fourth-order valence-electron chi connectivity index (χ4n) is 1.42. The molecule has 0 radical (unpaired) electrons. The fraction of sp³-hybridized carbons (Fsp3) is 0.0909. The quantitative estimate of drug-likeness (QED) is 0.372. The Morgan fingerprint density at radius 2 is 2.28 bits per heavy atom. The number of carbonyl (C=O) groups excluding carboxylic acids is 1. The second-order valence-corrected chi connectivity index (χ2v) is 4.98. The van der Waals surface area contributed by atoms with E-state index < -0.39 is 4.92 Å². The van der Waals surface area contributed by atoms with Gasteiger partial charge in [-0.15, -0.1) is 23.1 Å². The summed E-state index contributed by atoms with van der Waals surface area (Å²) in [6, 6.07) is 5.72. The summed E-state index contributed by atoms with van der Waals surface area (Å²) < 4.78 is 0. The van der Waals surface area contributed by atoms with Crippen molar-refractivity contribution in [2.45, 2.75) is 5.03 Å². The highest BCUT2D eigenvalue weighted by molar-refractivity contribution is 7.98. The molecule has 0 N–H and O–H groups in total. The topological polar surface area (TPSA) is 73.1 Å². The van der Waals surface area contributed by atoms with Gasteiger partial charge in [0.25, 0.3) is 5.69 Å². The highest BCUT2D eigenvalue weighted by Crippen LogP contribution is 2.26. The van der Waals surface area contributed by atoms with E-state index in [0.717, 1.165) is 0 Å². The van der Waals surface area contributed by atoms with Crippen molar-refractivity contribution in [2.24, 2.45) is 0 Å². The van der Waals surface area contributed by atoms with Crippen LogP contribution in [0.25, 0.3) is 0 Å². The summed E-state index contributed by atoms with van der Waals surface area (Å²) in [7, 11) is 0. The highest BCUT2D eigenvalue weighted by atomic mass is 32.2. The molecule has 0 unspecified atom stereocenters. The van der Waals surface area contributed by atoms with Crippen LogP contribution in [-0.4, -0.2) is 21.9 Å². The highest BCUT2D eigenvalue weighted by Gasteiger charge is 2.18. The summed E-state index contributed by atoms with van der Waals surface area (Å²) in [6.45, 7) is 0. The lowest BCUT2D eigenvalue weighted by atomic mass is 10.1. The zero-order valence-corrected chi connectivity index (χ0v) is 11.0. The number of ketones is 1. The Hall–Kier alpha value is -1.73. The van der Waals surface area contributed by atoms with Crippen molar-refractivity contribution in [2.75, 3.05) is 6.26 Å². The lowest BCUT2D eigenvalue weighted by Gasteiger charge is -2.00. The zero-order chi connectivity index (χ0) is 13.1. The molecule has 0 aliphatic heterocycles. The maximum absolute atomic E-state index is 12.2. The number of hydrogen-bond donors (Lipinski definition) is 0. The minimum absolute atomic E-state index is 0.0870. The molecule has 2 rings (SSSR count). The van der Waals surface area contributed by atoms with Gasteiger partial charge in [0, 0.05) is 17.7 Å². The lowest BCUT2D eigenvalue weighted by molar-refractivity contribution is -0.384. The van der Waals surface area contributed by atoms with Crippen molar-refractivity contribution >= 4 is 34.6 Å². The summed E-state index contributed by atoms with van der Waals surface area (Å²) in [5.41, 5.74) is 1.82. The smallest absolute Gasteiger partial charge is 0.270 e. The first-order chi connectivity index (χ1) is 8.63. The number of carbonyl (C=O) groups is 1. The van der Waals surface area contributed by atoms with Gasteiger partial charge in [-0.05, 0) is 6.26 Å². The van der Waals surface area contributed by atoms with E-state index in [4.69, 9.17) is 0 Å². The molecule has 0 saturated heterocycles. The van der Waals surface area contributed by atoms with Gasteiger partial charge in [0.1, 0.15) is 9.90 Å². The molecule has 1 aromatic heterocycles. The number of nitro benzene ring substituents is 1. The molecule has 0 saturated carbocycles. The molecule has 1 aromatic carbocycles. The minimum atomic E-state index is -0.515. The molecule has 0 aliphatic carbocycles. The Kier molecular flexibility index (Phi) is 3.73. The standard InChI is InChI=1S/C11H8N2O3S2/c1-17-11-10(18-6-12-11)9(14)7-3-2-4-8(5-7)13(15)16/h2-6H,1H3. The molecule has 1 heterocycles. The fourth-order valence-corrected chi connectivity index (χ4v) is 2.96. The van der Waals surface area contributed by atoms with Crippen LogP contribution in [0.5, 0.6) is 0 Å². The van der Waals surface area contributed by atoms with Crippen LogP contribution in [0.2, 0.25) is 0 Å². The van der Waals surface area contributed by atoms with Gasteiger partial charge in [0.05, 0.1) is 10.4 Å². The zero-order valence-electron chi connectivity index (χ0n) is 9.32. The largest absolute Gasteiger partial charge is 0.288 e. The monoisotopic (exact) mass is 280 g/mol. The number of nitrogens with zero attached hydrogens (tertiary/aromatic N) is 2. The third kappa shape index (κ3) is 2.41. The number of non-ortho nitro benzene ring substituents is 1. The van der Waals surface area contributed by atoms with E-state index in [0.29, 0.717) is 15.5 Å². The van der Waals surface area contributed by atoms with E-state index in [-0.39, 0.29) is 11.5 Å². The van der Waals surface area contributed by atoms with Gasteiger partial charge in [-0.1, -0.05) is 12.1 Å². The number of thiazole rings is 1. The van der Waals surface area contributed by atoms with Gasteiger partial charge in [0.2, 0.25) is 5.78 Å². The van der Waals surface area contributed by atoms with Crippen LogP contribution in [-0.2, 0) is 0 Å².